The van der Waals surface area contributed by atoms with Gasteiger partial charge < -0.3 is 20.5 Å². The number of rotatable bonds is 6. The maximum atomic E-state index is 12.4. The van der Waals surface area contributed by atoms with E-state index in [-0.39, 0.29) is 18.0 Å². The molecule has 0 aliphatic heterocycles. The summed E-state index contributed by atoms with van der Waals surface area (Å²) in [5.41, 5.74) is 4.40. The molecule has 112 valence electrons. The van der Waals surface area contributed by atoms with Crippen LogP contribution in [0.25, 0.3) is 0 Å². The van der Waals surface area contributed by atoms with Crippen LogP contribution in [-0.4, -0.2) is 32.8 Å². The second kappa shape index (κ2) is 6.99. The molecule has 0 atom stereocenters. The van der Waals surface area contributed by atoms with E-state index in [0.717, 1.165) is 18.2 Å². The van der Waals surface area contributed by atoms with Crippen LogP contribution in [0.4, 0.5) is 18.9 Å². The molecule has 3 N–H and O–H groups in total. The average Bonchev–Trinajstić information content (AvgIpc) is 2.36. The van der Waals surface area contributed by atoms with Crippen molar-refractivity contribution < 1.29 is 27.4 Å². The van der Waals surface area contributed by atoms with Crippen LogP contribution >= 0.6 is 0 Å². The van der Waals surface area contributed by atoms with Crippen LogP contribution in [0.1, 0.15) is 5.56 Å². The lowest BCUT2D eigenvalue weighted by atomic mass is 10.2. The van der Waals surface area contributed by atoms with Crippen molar-refractivity contribution in [2.45, 2.75) is 6.18 Å². The topological polar surface area (TPSA) is 73.6 Å². The molecular weight excluding hydrogens is 277 g/mol. The third-order valence-electron chi connectivity index (χ3n) is 2.32. The van der Waals surface area contributed by atoms with Crippen molar-refractivity contribution in [2.24, 2.45) is 0 Å². The predicted octanol–water partition coefficient (Wildman–Crippen LogP) is 1.43. The number of hydrogen-bond donors (Lipinski definition) is 2. The summed E-state index contributed by atoms with van der Waals surface area (Å²) in [5, 5.41) is 2.50. The Hall–Kier alpha value is -1.96. The molecule has 1 amide bonds. The molecule has 0 bridgehead atoms. The fourth-order valence-corrected chi connectivity index (χ4v) is 1.34. The Morgan fingerprint density at radius 1 is 1.40 bits per heavy atom. The molecule has 0 unspecified atom stereocenters. The Kier molecular flexibility index (Phi) is 5.63. The van der Waals surface area contributed by atoms with E-state index in [1.54, 1.807) is 0 Å². The number of amides is 1. The van der Waals surface area contributed by atoms with Crippen molar-refractivity contribution in [2.75, 3.05) is 32.6 Å². The van der Waals surface area contributed by atoms with Crippen LogP contribution in [0.2, 0.25) is 0 Å². The molecular formula is C12H15F3N2O3. The van der Waals surface area contributed by atoms with Crippen LogP contribution < -0.4 is 15.8 Å². The highest BCUT2D eigenvalue weighted by molar-refractivity contribution is 5.77. The first-order chi connectivity index (χ1) is 9.34. The summed E-state index contributed by atoms with van der Waals surface area (Å²) in [4.78, 5) is 11.3. The fourth-order valence-electron chi connectivity index (χ4n) is 1.34. The van der Waals surface area contributed by atoms with Crippen LogP contribution in [-0.2, 0) is 15.7 Å². The smallest absolute Gasteiger partial charge is 0.416 e. The molecule has 1 aromatic carbocycles. The third kappa shape index (κ3) is 4.96. The second-order valence-corrected chi connectivity index (χ2v) is 3.88. The summed E-state index contributed by atoms with van der Waals surface area (Å²) < 4.78 is 47.0. The van der Waals surface area contributed by atoms with Crippen molar-refractivity contribution >= 4 is 11.6 Å². The Morgan fingerprint density at radius 2 is 2.10 bits per heavy atom. The number of anilines is 1. The van der Waals surface area contributed by atoms with E-state index < -0.39 is 17.6 Å². The van der Waals surface area contributed by atoms with Gasteiger partial charge in [-0.3, -0.25) is 4.79 Å². The molecule has 1 rings (SSSR count). The SMILES string of the molecule is COCCNC(=O)COc1ccc(C(F)(F)F)cc1N. The zero-order valence-corrected chi connectivity index (χ0v) is 10.8. The number of benzene rings is 1. The molecule has 0 radical (unpaired) electrons. The molecule has 8 heteroatoms. The van der Waals surface area contributed by atoms with Crippen molar-refractivity contribution in [3.8, 4) is 5.75 Å². The summed E-state index contributed by atoms with van der Waals surface area (Å²) in [6.45, 7) is 0.342. The largest absolute Gasteiger partial charge is 0.482 e. The third-order valence-corrected chi connectivity index (χ3v) is 2.32. The predicted molar refractivity (Wildman–Crippen MR) is 66.2 cm³/mol. The summed E-state index contributed by atoms with van der Waals surface area (Å²) in [7, 11) is 1.49. The number of nitrogens with two attached hydrogens (primary N) is 1. The number of ether oxygens (including phenoxy) is 2. The summed E-state index contributed by atoms with van der Waals surface area (Å²) in [6.07, 6.45) is -4.47. The standard InChI is InChI=1S/C12H15F3N2O3/c1-19-5-4-17-11(18)7-20-10-3-2-8(6-9(10)16)12(13,14)15/h2-3,6H,4-5,7,16H2,1H3,(H,17,18). The highest BCUT2D eigenvalue weighted by Gasteiger charge is 2.30. The van der Waals surface area contributed by atoms with Gasteiger partial charge in [-0.25, -0.2) is 0 Å². The second-order valence-electron chi connectivity index (χ2n) is 3.88. The fraction of sp³-hybridized carbons (Fsp3) is 0.417. The summed E-state index contributed by atoms with van der Waals surface area (Å²) in [6, 6.07) is 2.69. The highest BCUT2D eigenvalue weighted by Crippen LogP contribution is 2.33. The quantitative estimate of drug-likeness (QED) is 0.614. The highest BCUT2D eigenvalue weighted by atomic mass is 19.4. The van der Waals surface area contributed by atoms with E-state index in [2.05, 4.69) is 5.32 Å². The molecule has 5 nitrogen and oxygen atoms in total. The van der Waals surface area contributed by atoms with Crippen LogP contribution in [0.3, 0.4) is 0 Å². The van der Waals surface area contributed by atoms with Gasteiger partial charge in [0, 0.05) is 13.7 Å². The van der Waals surface area contributed by atoms with Gasteiger partial charge >= 0.3 is 6.18 Å². The van der Waals surface area contributed by atoms with E-state index in [1.807, 2.05) is 0 Å². The maximum Gasteiger partial charge on any atom is 0.416 e. The Morgan fingerprint density at radius 3 is 2.65 bits per heavy atom. The molecule has 0 aliphatic rings. The van der Waals surface area contributed by atoms with E-state index >= 15 is 0 Å². The molecule has 0 spiro atoms. The van der Waals surface area contributed by atoms with Crippen molar-refractivity contribution in [1.82, 2.24) is 5.32 Å². The number of carbonyl (C=O) groups excluding carboxylic acids is 1. The van der Waals surface area contributed by atoms with E-state index in [0.29, 0.717) is 13.2 Å². The van der Waals surface area contributed by atoms with Crippen LogP contribution in [0, 0.1) is 0 Å². The van der Waals surface area contributed by atoms with Crippen LogP contribution in [0.5, 0.6) is 5.75 Å². The molecule has 0 saturated heterocycles. The minimum Gasteiger partial charge on any atom is -0.482 e. The molecule has 0 saturated carbocycles. The monoisotopic (exact) mass is 292 g/mol. The van der Waals surface area contributed by atoms with Gasteiger partial charge in [0.05, 0.1) is 17.9 Å². The van der Waals surface area contributed by atoms with Gasteiger partial charge in [-0.2, -0.15) is 13.2 Å². The number of methoxy groups -OCH3 is 1. The van der Waals surface area contributed by atoms with Crippen molar-refractivity contribution in [3.63, 3.8) is 0 Å². The Bertz CT molecular complexity index is 464. The Labute approximate surface area is 113 Å². The van der Waals surface area contributed by atoms with Crippen molar-refractivity contribution in [1.29, 1.82) is 0 Å². The van der Waals surface area contributed by atoms with Gasteiger partial charge in [0.25, 0.3) is 5.91 Å². The molecule has 0 aromatic heterocycles. The normalized spacial score (nSPS) is 11.2. The number of carbonyl (C=O) groups is 1. The van der Waals surface area contributed by atoms with E-state index in [1.165, 1.54) is 7.11 Å². The molecule has 1 aromatic rings. The first-order valence-electron chi connectivity index (χ1n) is 5.69. The average molecular weight is 292 g/mol. The zero-order valence-electron chi connectivity index (χ0n) is 10.8. The minimum atomic E-state index is -4.47. The zero-order chi connectivity index (χ0) is 15.2. The lowest BCUT2D eigenvalue weighted by Crippen LogP contribution is -2.31. The minimum absolute atomic E-state index is 0.0277. The van der Waals surface area contributed by atoms with E-state index in [4.69, 9.17) is 15.2 Å². The number of nitrogens with one attached hydrogen (secondary N) is 1. The van der Waals surface area contributed by atoms with Gasteiger partial charge in [-0.1, -0.05) is 0 Å². The van der Waals surface area contributed by atoms with Gasteiger partial charge in [0.2, 0.25) is 0 Å². The number of alkyl halides is 3. The van der Waals surface area contributed by atoms with Crippen LogP contribution in [0.15, 0.2) is 18.2 Å². The lowest BCUT2D eigenvalue weighted by Gasteiger charge is -2.12. The molecule has 20 heavy (non-hydrogen) atoms. The molecule has 0 aliphatic carbocycles. The maximum absolute atomic E-state index is 12.4. The first-order valence-corrected chi connectivity index (χ1v) is 5.69. The van der Waals surface area contributed by atoms with Gasteiger partial charge in [0.15, 0.2) is 6.61 Å². The van der Waals surface area contributed by atoms with E-state index in [9.17, 15) is 18.0 Å². The number of nitrogen functional groups attached to an aromatic ring is 1. The van der Waals surface area contributed by atoms with Gasteiger partial charge in [0.1, 0.15) is 5.75 Å². The van der Waals surface area contributed by atoms with Gasteiger partial charge in [-0.05, 0) is 18.2 Å². The van der Waals surface area contributed by atoms with Gasteiger partial charge in [-0.15, -0.1) is 0 Å². The first kappa shape index (κ1) is 16.1. The molecule has 0 fully saturated rings. The summed E-state index contributed by atoms with van der Waals surface area (Å²) in [5.74, 6) is -0.388. The summed E-state index contributed by atoms with van der Waals surface area (Å²) >= 11 is 0. The Balaban J connectivity index is 2.55. The number of halogens is 3. The molecule has 0 heterocycles. The van der Waals surface area contributed by atoms with Crippen molar-refractivity contribution in [3.05, 3.63) is 23.8 Å². The lowest BCUT2D eigenvalue weighted by molar-refractivity contribution is -0.137. The number of hydrogen-bond acceptors (Lipinski definition) is 4.